The molecule has 1 atom stereocenters. The molecule has 112 valence electrons. The molecular formula is C14H19Cl2NO3. The molecule has 0 amide bonds. The Balaban J connectivity index is 3.01. The van der Waals surface area contributed by atoms with Gasteiger partial charge in [0, 0.05) is 17.1 Å². The van der Waals surface area contributed by atoms with Crippen LogP contribution in [0.2, 0.25) is 10.0 Å². The summed E-state index contributed by atoms with van der Waals surface area (Å²) < 4.78 is 9.85. The molecule has 6 heteroatoms. The molecule has 0 fully saturated rings. The molecule has 2 N–H and O–H groups in total. The van der Waals surface area contributed by atoms with Gasteiger partial charge in [-0.3, -0.25) is 4.79 Å². The highest BCUT2D eigenvalue weighted by molar-refractivity contribution is 6.34. The normalized spacial score (nSPS) is 12.9. The van der Waals surface area contributed by atoms with Gasteiger partial charge < -0.3 is 15.2 Å². The second-order valence-corrected chi connectivity index (χ2v) is 6.01. The smallest absolute Gasteiger partial charge is 0.311 e. The summed E-state index contributed by atoms with van der Waals surface area (Å²) in [5, 5.41) is 0.887. The van der Waals surface area contributed by atoms with E-state index in [0.29, 0.717) is 27.8 Å². The van der Waals surface area contributed by atoms with Gasteiger partial charge in [0.05, 0.1) is 24.7 Å². The maximum Gasteiger partial charge on any atom is 0.311 e. The maximum atomic E-state index is 11.7. The summed E-state index contributed by atoms with van der Waals surface area (Å²) >= 11 is 12.3. The molecule has 1 unspecified atom stereocenters. The first-order valence-corrected chi connectivity index (χ1v) is 6.85. The van der Waals surface area contributed by atoms with E-state index in [0.717, 1.165) is 0 Å². The van der Waals surface area contributed by atoms with Gasteiger partial charge in [0.15, 0.2) is 0 Å². The first kappa shape index (κ1) is 17.1. The summed E-state index contributed by atoms with van der Waals surface area (Å²) in [6, 6.07) is 2.85. The zero-order valence-electron chi connectivity index (χ0n) is 12.0. The lowest BCUT2D eigenvalue weighted by atomic mass is 9.84. The van der Waals surface area contributed by atoms with Crippen LogP contribution in [0.25, 0.3) is 0 Å². The zero-order valence-corrected chi connectivity index (χ0v) is 13.5. The average Bonchev–Trinajstić information content (AvgIpc) is 2.39. The fraction of sp³-hybridized carbons (Fsp3) is 0.500. The van der Waals surface area contributed by atoms with Gasteiger partial charge in [0.2, 0.25) is 0 Å². The van der Waals surface area contributed by atoms with Crippen LogP contribution >= 0.6 is 23.2 Å². The largest absolute Gasteiger partial charge is 0.495 e. The molecule has 0 radical (unpaired) electrons. The molecule has 0 saturated carbocycles. The third-order valence-corrected chi connectivity index (χ3v) is 3.76. The first-order valence-electron chi connectivity index (χ1n) is 6.10. The molecule has 20 heavy (non-hydrogen) atoms. The van der Waals surface area contributed by atoms with Crippen molar-refractivity contribution in [1.82, 2.24) is 0 Å². The SMILES string of the molecule is COC(=O)C(C)(C)CC(N)c1cc(Cl)c(OC)cc1Cl. The highest BCUT2D eigenvalue weighted by Gasteiger charge is 2.32. The number of carbonyl (C=O) groups is 1. The Bertz CT molecular complexity index is 503. The van der Waals surface area contributed by atoms with Crippen molar-refractivity contribution in [2.45, 2.75) is 26.3 Å². The van der Waals surface area contributed by atoms with E-state index in [9.17, 15) is 4.79 Å². The molecule has 1 aromatic rings. The summed E-state index contributed by atoms with van der Waals surface area (Å²) in [6.45, 7) is 3.55. The summed E-state index contributed by atoms with van der Waals surface area (Å²) in [6.07, 6.45) is 0.391. The number of hydrogen-bond acceptors (Lipinski definition) is 4. The highest BCUT2D eigenvalue weighted by atomic mass is 35.5. The number of ether oxygens (including phenoxy) is 2. The standard InChI is InChI=1S/C14H19Cl2NO3/c1-14(2,13(18)20-4)7-11(17)8-5-10(16)12(19-3)6-9(8)15/h5-6,11H,7,17H2,1-4H3. The molecule has 1 aromatic carbocycles. The lowest BCUT2D eigenvalue weighted by Crippen LogP contribution is -2.30. The van der Waals surface area contributed by atoms with Gasteiger partial charge in [0.25, 0.3) is 0 Å². The Morgan fingerprint density at radius 1 is 1.30 bits per heavy atom. The maximum absolute atomic E-state index is 11.7. The first-order chi connectivity index (χ1) is 9.22. The summed E-state index contributed by atoms with van der Waals surface area (Å²) in [4.78, 5) is 11.7. The van der Waals surface area contributed by atoms with E-state index in [1.165, 1.54) is 14.2 Å². The lowest BCUT2D eigenvalue weighted by molar-refractivity contribution is -0.151. The van der Waals surface area contributed by atoms with Crippen molar-refractivity contribution in [2.24, 2.45) is 11.1 Å². The van der Waals surface area contributed by atoms with Crippen molar-refractivity contribution < 1.29 is 14.3 Å². The number of rotatable bonds is 5. The molecule has 4 nitrogen and oxygen atoms in total. The fourth-order valence-electron chi connectivity index (χ4n) is 2.00. The van der Waals surface area contributed by atoms with E-state index in [4.69, 9.17) is 38.4 Å². The van der Waals surface area contributed by atoms with Crippen molar-refractivity contribution in [2.75, 3.05) is 14.2 Å². The topological polar surface area (TPSA) is 61.5 Å². The van der Waals surface area contributed by atoms with Crippen LogP contribution < -0.4 is 10.5 Å². The molecule has 0 saturated heterocycles. The molecule has 0 aliphatic heterocycles. The molecule has 1 rings (SSSR count). The number of nitrogens with two attached hydrogens (primary N) is 1. The number of hydrogen-bond donors (Lipinski definition) is 1. The van der Waals surface area contributed by atoms with Gasteiger partial charge in [-0.2, -0.15) is 0 Å². The van der Waals surface area contributed by atoms with Crippen LogP contribution in [0.4, 0.5) is 0 Å². The van der Waals surface area contributed by atoms with Crippen molar-refractivity contribution in [3.8, 4) is 5.75 Å². The quantitative estimate of drug-likeness (QED) is 0.842. The summed E-state index contributed by atoms with van der Waals surface area (Å²) in [5.41, 5.74) is 6.11. The summed E-state index contributed by atoms with van der Waals surface area (Å²) in [5.74, 6) is 0.170. The second-order valence-electron chi connectivity index (χ2n) is 5.19. The fourth-order valence-corrected chi connectivity index (χ4v) is 2.55. The predicted octanol–water partition coefficient (Wildman–Crippen LogP) is 3.59. The molecule has 0 aromatic heterocycles. The van der Waals surface area contributed by atoms with E-state index < -0.39 is 11.5 Å². The third kappa shape index (κ3) is 3.78. The van der Waals surface area contributed by atoms with Crippen LogP contribution in [0.15, 0.2) is 12.1 Å². The highest BCUT2D eigenvalue weighted by Crippen LogP contribution is 2.37. The molecule has 0 aliphatic rings. The van der Waals surface area contributed by atoms with E-state index in [-0.39, 0.29) is 5.97 Å². The van der Waals surface area contributed by atoms with Gasteiger partial charge in [-0.05, 0) is 31.9 Å². The molecular weight excluding hydrogens is 301 g/mol. The number of methoxy groups -OCH3 is 2. The van der Waals surface area contributed by atoms with E-state index in [2.05, 4.69) is 0 Å². The Kier molecular flexibility index (Phi) is 5.68. The van der Waals surface area contributed by atoms with Crippen molar-refractivity contribution in [3.63, 3.8) is 0 Å². The minimum Gasteiger partial charge on any atom is -0.495 e. The van der Waals surface area contributed by atoms with E-state index in [1.807, 2.05) is 0 Å². The van der Waals surface area contributed by atoms with Gasteiger partial charge in [0.1, 0.15) is 5.75 Å². The Morgan fingerprint density at radius 2 is 1.90 bits per heavy atom. The second kappa shape index (κ2) is 6.66. The predicted molar refractivity (Wildman–Crippen MR) is 80.4 cm³/mol. The number of benzene rings is 1. The van der Waals surface area contributed by atoms with Gasteiger partial charge >= 0.3 is 5.97 Å². The average molecular weight is 320 g/mol. The molecule has 0 spiro atoms. The number of carbonyl (C=O) groups excluding carboxylic acids is 1. The van der Waals surface area contributed by atoms with Crippen LogP contribution in [-0.2, 0) is 9.53 Å². The van der Waals surface area contributed by atoms with E-state index >= 15 is 0 Å². The van der Waals surface area contributed by atoms with Crippen LogP contribution in [0.1, 0.15) is 31.9 Å². The molecule has 0 bridgehead atoms. The zero-order chi connectivity index (χ0) is 15.5. The van der Waals surface area contributed by atoms with Gasteiger partial charge in [-0.15, -0.1) is 0 Å². The van der Waals surface area contributed by atoms with Crippen LogP contribution in [0, 0.1) is 5.41 Å². The monoisotopic (exact) mass is 319 g/mol. The Labute approximate surface area is 129 Å². The van der Waals surface area contributed by atoms with Crippen molar-refractivity contribution in [1.29, 1.82) is 0 Å². The molecule has 0 aliphatic carbocycles. The number of halogens is 2. The summed E-state index contributed by atoms with van der Waals surface area (Å²) in [7, 11) is 2.87. The van der Waals surface area contributed by atoms with Crippen molar-refractivity contribution >= 4 is 29.2 Å². The van der Waals surface area contributed by atoms with E-state index in [1.54, 1.807) is 26.0 Å². The van der Waals surface area contributed by atoms with Gasteiger partial charge in [-0.1, -0.05) is 23.2 Å². The lowest BCUT2D eigenvalue weighted by Gasteiger charge is -2.26. The van der Waals surface area contributed by atoms with Crippen molar-refractivity contribution in [3.05, 3.63) is 27.7 Å². The van der Waals surface area contributed by atoms with Crippen LogP contribution in [0.5, 0.6) is 5.75 Å². The van der Waals surface area contributed by atoms with Gasteiger partial charge in [-0.25, -0.2) is 0 Å². The minimum absolute atomic E-state index is 0.316. The Morgan fingerprint density at radius 3 is 2.40 bits per heavy atom. The molecule has 0 heterocycles. The van der Waals surface area contributed by atoms with Crippen LogP contribution in [0.3, 0.4) is 0 Å². The number of esters is 1. The third-order valence-electron chi connectivity index (χ3n) is 3.14. The minimum atomic E-state index is -0.704. The van der Waals surface area contributed by atoms with Crippen LogP contribution in [-0.4, -0.2) is 20.2 Å². The Hall–Kier alpha value is -0.970.